The number of thiazole rings is 1. The normalized spacial score (nSPS) is 12.1. The average Bonchev–Trinajstić information content (AvgIpc) is 3.41. The number of hydrogen-bond acceptors (Lipinski definition) is 5. The maximum Gasteiger partial charge on any atom is 0.291 e. The molecule has 0 bridgehead atoms. The fraction of sp³-hybridized carbons (Fsp3) is 0. The fourth-order valence-corrected chi connectivity index (χ4v) is 3.96. The van der Waals surface area contributed by atoms with Crippen molar-refractivity contribution >= 4 is 34.0 Å². The molecule has 0 aliphatic heterocycles. The van der Waals surface area contributed by atoms with Gasteiger partial charge in [-0.3, -0.25) is 4.79 Å². The third-order valence-electron chi connectivity index (χ3n) is 4.29. The highest BCUT2D eigenvalue weighted by Crippen LogP contribution is 2.25. The summed E-state index contributed by atoms with van der Waals surface area (Å²) in [5, 5.41) is 9.38. The van der Waals surface area contributed by atoms with Crippen molar-refractivity contribution in [2.75, 3.05) is 0 Å². The second-order valence-electron chi connectivity index (χ2n) is 6.09. The standard InChI is InChI=1S/C20H12ClN5OS/c21-15-8-6-13(7-9-15)18-14(11-25(24-18)16-4-2-1-3-5-16)10-17-19(27)26-20(28-17)22-12-23-26/h1-12H. The summed E-state index contributed by atoms with van der Waals surface area (Å²) in [4.78, 5) is 17.2. The first-order valence-corrected chi connectivity index (χ1v) is 9.64. The molecule has 0 amide bonds. The number of halogens is 1. The van der Waals surface area contributed by atoms with Gasteiger partial charge in [0, 0.05) is 22.3 Å². The second-order valence-corrected chi connectivity index (χ2v) is 7.54. The summed E-state index contributed by atoms with van der Waals surface area (Å²) >= 11 is 7.33. The molecule has 28 heavy (non-hydrogen) atoms. The Morgan fingerprint density at radius 1 is 1.04 bits per heavy atom. The van der Waals surface area contributed by atoms with Crippen molar-refractivity contribution in [2.24, 2.45) is 0 Å². The zero-order chi connectivity index (χ0) is 19.1. The Labute approximate surface area is 168 Å². The van der Waals surface area contributed by atoms with Gasteiger partial charge in [0.15, 0.2) is 0 Å². The van der Waals surface area contributed by atoms with Crippen LogP contribution in [0.4, 0.5) is 0 Å². The van der Waals surface area contributed by atoms with Gasteiger partial charge in [-0.1, -0.05) is 53.3 Å². The first-order valence-electron chi connectivity index (χ1n) is 8.44. The monoisotopic (exact) mass is 405 g/mol. The van der Waals surface area contributed by atoms with Crippen LogP contribution >= 0.6 is 22.9 Å². The van der Waals surface area contributed by atoms with Gasteiger partial charge in [0.05, 0.1) is 10.2 Å². The van der Waals surface area contributed by atoms with Crippen LogP contribution < -0.4 is 10.1 Å². The van der Waals surface area contributed by atoms with Crippen molar-refractivity contribution in [3.05, 3.63) is 92.6 Å². The lowest BCUT2D eigenvalue weighted by molar-refractivity contribution is 0.884. The molecule has 3 aromatic heterocycles. The van der Waals surface area contributed by atoms with Gasteiger partial charge in [-0.05, 0) is 30.3 Å². The van der Waals surface area contributed by atoms with E-state index in [9.17, 15) is 4.79 Å². The molecule has 0 fully saturated rings. The molecule has 0 aliphatic carbocycles. The SMILES string of the molecule is O=c1c(=Cc2cn(-c3ccccc3)nc2-c2ccc(Cl)cc2)sc2ncnn12. The summed E-state index contributed by atoms with van der Waals surface area (Å²) in [5.74, 6) is 0. The molecule has 0 spiro atoms. The van der Waals surface area contributed by atoms with E-state index in [0.29, 0.717) is 14.5 Å². The summed E-state index contributed by atoms with van der Waals surface area (Å²) in [5.41, 5.74) is 3.25. The predicted molar refractivity (Wildman–Crippen MR) is 110 cm³/mol. The van der Waals surface area contributed by atoms with E-state index in [1.807, 2.05) is 66.9 Å². The van der Waals surface area contributed by atoms with Crippen LogP contribution in [0, 0.1) is 0 Å². The minimum atomic E-state index is -0.188. The van der Waals surface area contributed by atoms with Crippen LogP contribution in [0.2, 0.25) is 5.02 Å². The van der Waals surface area contributed by atoms with Gasteiger partial charge in [-0.15, -0.1) is 0 Å². The van der Waals surface area contributed by atoms with Gasteiger partial charge in [-0.2, -0.15) is 14.7 Å². The van der Waals surface area contributed by atoms with Crippen molar-refractivity contribution in [3.63, 3.8) is 0 Å². The van der Waals surface area contributed by atoms with Crippen molar-refractivity contribution in [1.82, 2.24) is 24.4 Å². The lowest BCUT2D eigenvalue weighted by Crippen LogP contribution is -2.23. The fourth-order valence-electron chi connectivity index (χ4n) is 2.96. The Hall–Kier alpha value is -3.29. The first-order chi connectivity index (χ1) is 13.7. The molecule has 0 aliphatic rings. The van der Waals surface area contributed by atoms with Crippen molar-refractivity contribution < 1.29 is 0 Å². The third-order valence-corrected chi connectivity index (χ3v) is 5.51. The topological polar surface area (TPSA) is 65.1 Å². The summed E-state index contributed by atoms with van der Waals surface area (Å²) < 4.78 is 3.66. The maximum atomic E-state index is 12.6. The molecule has 0 radical (unpaired) electrons. The second kappa shape index (κ2) is 6.70. The van der Waals surface area contributed by atoms with Crippen LogP contribution in [0.5, 0.6) is 0 Å². The van der Waals surface area contributed by atoms with Crippen LogP contribution in [0.3, 0.4) is 0 Å². The molecule has 0 saturated heterocycles. The minimum absolute atomic E-state index is 0.188. The lowest BCUT2D eigenvalue weighted by Gasteiger charge is -2.00. The highest BCUT2D eigenvalue weighted by molar-refractivity contribution is 7.15. The molecule has 8 heteroatoms. The van der Waals surface area contributed by atoms with E-state index in [0.717, 1.165) is 22.5 Å². The van der Waals surface area contributed by atoms with Gasteiger partial charge in [0.2, 0.25) is 4.96 Å². The van der Waals surface area contributed by atoms with E-state index in [2.05, 4.69) is 10.1 Å². The van der Waals surface area contributed by atoms with Crippen LogP contribution in [-0.2, 0) is 0 Å². The first kappa shape index (κ1) is 16.9. The van der Waals surface area contributed by atoms with Crippen molar-refractivity contribution in [1.29, 1.82) is 0 Å². The number of hydrogen-bond donors (Lipinski definition) is 0. The van der Waals surface area contributed by atoms with Crippen LogP contribution in [-0.4, -0.2) is 24.4 Å². The highest BCUT2D eigenvalue weighted by Gasteiger charge is 2.13. The Kier molecular flexibility index (Phi) is 4.03. The molecule has 0 N–H and O–H groups in total. The number of benzene rings is 2. The number of aromatic nitrogens is 5. The Morgan fingerprint density at radius 3 is 2.57 bits per heavy atom. The van der Waals surface area contributed by atoms with E-state index in [-0.39, 0.29) is 5.56 Å². The van der Waals surface area contributed by atoms with Gasteiger partial charge >= 0.3 is 0 Å². The number of fused-ring (bicyclic) bond motifs is 1. The Balaban J connectivity index is 1.73. The van der Waals surface area contributed by atoms with E-state index in [1.54, 1.807) is 4.68 Å². The summed E-state index contributed by atoms with van der Waals surface area (Å²) in [6, 6.07) is 17.3. The molecule has 0 saturated carbocycles. The van der Waals surface area contributed by atoms with Gasteiger partial charge in [0.1, 0.15) is 12.0 Å². The summed E-state index contributed by atoms with van der Waals surface area (Å²) in [6.45, 7) is 0. The highest BCUT2D eigenvalue weighted by atomic mass is 35.5. The largest absolute Gasteiger partial charge is 0.291 e. The zero-order valence-corrected chi connectivity index (χ0v) is 15.9. The summed E-state index contributed by atoms with van der Waals surface area (Å²) in [6.07, 6.45) is 5.12. The average molecular weight is 406 g/mol. The van der Waals surface area contributed by atoms with Crippen molar-refractivity contribution in [3.8, 4) is 16.9 Å². The molecule has 5 rings (SSSR count). The quantitative estimate of drug-likeness (QED) is 0.462. The number of para-hydroxylation sites is 1. The van der Waals surface area contributed by atoms with Crippen LogP contribution in [0.15, 0.2) is 71.9 Å². The molecule has 6 nitrogen and oxygen atoms in total. The Bertz CT molecular complexity index is 1390. The number of nitrogens with zero attached hydrogens (tertiary/aromatic N) is 5. The van der Waals surface area contributed by atoms with Crippen LogP contribution in [0.1, 0.15) is 5.56 Å². The maximum absolute atomic E-state index is 12.6. The predicted octanol–water partition coefficient (Wildman–Crippen LogP) is 3.20. The lowest BCUT2D eigenvalue weighted by atomic mass is 10.1. The molecule has 5 aromatic rings. The molecule has 3 heterocycles. The minimum Gasteiger partial charge on any atom is -0.266 e. The molecule has 0 atom stereocenters. The van der Waals surface area contributed by atoms with Crippen LogP contribution in [0.25, 0.3) is 28.0 Å². The third kappa shape index (κ3) is 2.90. The molecule has 0 unspecified atom stereocenters. The smallest absolute Gasteiger partial charge is 0.266 e. The van der Waals surface area contributed by atoms with Gasteiger partial charge in [-0.25, -0.2) is 9.67 Å². The van der Waals surface area contributed by atoms with Gasteiger partial charge < -0.3 is 0 Å². The molecular formula is C20H12ClN5OS. The summed E-state index contributed by atoms with van der Waals surface area (Å²) in [7, 11) is 0. The van der Waals surface area contributed by atoms with E-state index in [4.69, 9.17) is 16.7 Å². The molecule has 136 valence electrons. The van der Waals surface area contributed by atoms with Gasteiger partial charge in [0.25, 0.3) is 5.56 Å². The van der Waals surface area contributed by atoms with Crippen molar-refractivity contribution in [2.45, 2.75) is 0 Å². The van der Waals surface area contributed by atoms with E-state index in [1.165, 1.54) is 22.2 Å². The molecule has 2 aromatic carbocycles. The number of rotatable bonds is 3. The van der Waals surface area contributed by atoms with E-state index < -0.39 is 0 Å². The zero-order valence-electron chi connectivity index (χ0n) is 14.4. The Morgan fingerprint density at radius 2 is 1.82 bits per heavy atom. The van der Waals surface area contributed by atoms with E-state index >= 15 is 0 Å². The molecular weight excluding hydrogens is 394 g/mol.